The molecule has 0 spiro atoms. The number of halogens is 5. The second kappa shape index (κ2) is 11.4. The van der Waals surface area contributed by atoms with Crippen LogP contribution in [0.2, 0.25) is 0 Å². The molecule has 0 aliphatic heterocycles. The maximum atomic E-state index is 14.1. The van der Waals surface area contributed by atoms with E-state index in [0.717, 1.165) is 0 Å². The molecule has 0 heterocycles. The van der Waals surface area contributed by atoms with E-state index in [1.165, 1.54) is 13.8 Å². The van der Waals surface area contributed by atoms with E-state index < -0.39 is 70.2 Å². The van der Waals surface area contributed by atoms with Crippen LogP contribution < -0.4 is 15.4 Å². The molecular formula is C24H25F5N2O6. The molecule has 2 N–H and O–H groups in total. The summed E-state index contributed by atoms with van der Waals surface area (Å²) in [5, 5.41) is 4.37. The number of hydrogen-bond donors (Lipinski definition) is 2. The van der Waals surface area contributed by atoms with E-state index in [4.69, 9.17) is 9.47 Å². The summed E-state index contributed by atoms with van der Waals surface area (Å²) >= 11 is 0. The third-order valence-electron chi connectivity index (χ3n) is 4.63. The van der Waals surface area contributed by atoms with Gasteiger partial charge in [-0.3, -0.25) is 0 Å². The number of benzene rings is 2. The molecule has 8 nitrogen and oxygen atoms in total. The maximum absolute atomic E-state index is 14.1. The first kappa shape index (κ1) is 29.3. The van der Waals surface area contributed by atoms with Crippen molar-refractivity contribution in [3.8, 4) is 5.75 Å². The molecule has 13 heteroatoms. The van der Waals surface area contributed by atoms with Crippen LogP contribution in [0, 0.1) is 29.1 Å². The highest BCUT2D eigenvalue weighted by molar-refractivity contribution is 5.85. The van der Waals surface area contributed by atoms with Gasteiger partial charge in [0.2, 0.25) is 34.8 Å². The van der Waals surface area contributed by atoms with Gasteiger partial charge in [0.15, 0.2) is 6.04 Å². The van der Waals surface area contributed by atoms with Crippen LogP contribution in [0.4, 0.5) is 31.5 Å². The number of carbonyl (C=O) groups excluding carboxylic acids is 3. The van der Waals surface area contributed by atoms with Crippen molar-refractivity contribution in [2.24, 2.45) is 0 Å². The van der Waals surface area contributed by atoms with Gasteiger partial charge in [0.1, 0.15) is 12.2 Å². The minimum Gasteiger partial charge on any atom is -0.445 e. The molecule has 1 atom stereocenters. The first-order chi connectivity index (χ1) is 17.0. The summed E-state index contributed by atoms with van der Waals surface area (Å²) in [5.74, 6) is -15.5. The molecule has 1 unspecified atom stereocenters. The molecule has 2 aromatic carbocycles. The summed E-state index contributed by atoms with van der Waals surface area (Å²) in [4.78, 5) is 37.6. The molecule has 0 bridgehead atoms. The molecule has 2 aromatic rings. The first-order valence-corrected chi connectivity index (χ1v) is 10.7. The van der Waals surface area contributed by atoms with Crippen molar-refractivity contribution in [1.82, 2.24) is 10.6 Å². The highest BCUT2D eigenvalue weighted by atomic mass is 19.2. The third kappa shape index (κ3) is 7.79. The van der Waals surface area contributed by atoms with Gasteiger partial charge >= 0.3 is 18.2 Å². The van der Waals surface area contributed by atoms with Gasteiger partial charge in [-0.1, -0.05) is 30.3 Å². The summed E-state index contributed by atoms with van der Waals surface area (Å²) in [6.45, 7) is 6.82. The number of amides is 2. The smallest absolute Gasteiger partial charge is 0.408 e. The van der Waals surface area contributed by atoms with E-state index in [0.29, 0.717) is 5.56 Å². The molecule has 0 fully saturated rings. The average molecular weight is 532 g/mol. The zero-order chi connectivity index (χ0) is 28.1. The summed E-state index contributed by atoms with van der Waals surface area (Å²) in [5.41, 5.74) is -2.19. The molecule has 0 saturated heterocycles. The van der Waals surface area contributed by atoms with E-state index in [2.05, 4.69) is 15.4 Å². The Morgan fingerprint density at radius 1 is 0.811 bits per heavy atom. The third-order valence-corrected chi connectivity index (χ3v) is 4.63. The molecule has 0 saturated carbocycles. The Balaban J connectivity index is 2.34. The van der Waals surface area contributed by atoms with Crippen LogP contribution >= 0.6 is 0 Å². The van der Waals surface area contributed by atoms with E-state index in [-0.39, 0.29) is 6.61 Å². The minimum atomic E-state index is -2.46. The molecule has 37 heavy (non-hydrogen) atoms. The fraction of sp³-hybridized carbons (Fsp3) is 0.375. The summed E-state index contributed by atoms with van der Waals surface area (Å²) in [7, 11) is 0. The van der Waals surface area contributed by atoms with Gasteiger partial charge in [0, 0.05) is 0 Å². The lowest BCUT2D eigenvalue weighted by atomic mass is 9.94. The Kier molecular flexibility index (Phi) is 9.07. The number of rotatable bonds is 7. The van der Waals surface area contributed by atoms with Crippen molar-refractivity contribution in [3.63, 3.8) is 0 Å². The number of ether oxygens (including phenoxy) is 3. The molecule has 0 aromatic heterocycles. The van der Waals surface area contributed by atoms with Crippen LogP contribution in [0.5, 0.6) is 5.75 Å². The van der Waals surface area contributed by atoms with Crippen molar-refractivity contribution >= 4 is 18.2 Å². The van der Waals surface area contributed by atoms with Gasteiger partial charge in [-0.2, -0.15) is 8.78 Å². The van der Waals surface area contributed by atoms with Gasteiger partial charge < -0.3 is 24.8 Å². The van der Waals surface area contributed by atoms with Crippen LogP contribution in [0.3, 0.4) is 0 Å². The molecule has 0 radical (unpaired) electrons. The quantitative estimate of drug-likeness (QED) is 0.173. The van der Waals surface area contributed by atoms with Crippen LogP contribution in [-0.4, -0.2) is 35.3 Å². The minimum absolute atomic E-state index is 0.244. The molecule has 0 aliphatic carbocycles. The van der Waals surface area contributed by atoms with Crippen LogP contribution in [0.1, 0.15) is 40.2 Å². The topological polar surface area (TPSA) is 103 Å². The van der Waals surface area contributed by atoms with Crippen molar-refractivity contribution < 1.29 is 50.5 Å². The number of esters is 1. The lowest BCUT2D eigenvalue weighted by molar-refractivity contribution is -0.139. The Bertz CT molecular complexity index is 1140. The molecular weight excluding hydrogens is 507 g/mol. The van der Waals surface area contributed by atoms with E-state index >= 15 is 0 Å². The molecule has 202 valence electrons. The molecule has 2 rings (SSSR count). The van der Waals surface area contributed by atoms with Crippen LogP contribution in [-0.2, 0) is 20.9 Å². The largest absolute Gasteiger partial charge is 0.445 e. The summed E-state index contributed by atoms with van der Waals surface area (Å²) in [6.07, 6.45) is -2.27. The SMILES string of the molecule is CC(C)(C)OC(=O)NC(C)(C)C(NC(=O)OCc1ccccc1)C(=O)Oc1c(F)c(F)c(F)c(F)c1F. The Hall–Kier alpha value is -3.90. The van der Waals surface area contributed by atoms with Crippen molar-refractivity contribution in [2.45, 2.75) is 58.4 Å². The van der Waals surface area contributed by atoms with Crippen LogP contribution in [0.15, 0.2) is 30.3 Å². The Labute approximate surface area is 209 Å². The van der Waals surface area contributed by atoms with Gasteiger partial charge in [-0.15, -0.1) is 0 Å². The number of carbonyl (C=O) groups is 3. The highest BCUT2D eigenvalue weighted by Crippen LogP contribution is 2.30. The zero-order valence-corrected chi connectivity index (χ0v) is 20.5. The van der Waals surface area contributed by atoms with Gasteiger partial charge in [0.05, 0.1) is 5.54 Å². The lowest BCUT2D eigenvalue weighted by Crippen LogP contribution is -2.63. The summed E-state index contributed by atoms with van der Waals surface area (Å²) < 4.78 is 83.3. The maximum Gasteiger partial charge on any atom is 0.408 e. The predicted octanol–water partition coefficient (Wildman–Crippen LogP) is 4.89. The average Bonchev–Trinajstić information content (AvgIpc) is 2.80. The second-order valence-corrected chi connectivity index (χ2v) is 9.31. The predicted molar refractivity (Wildman–Crippen MR) is 119 cm³/mol. The number of hydrogen-bond acceptors (Lipinski definition) is 6. The standard InChI is InChI=1S/C24H25F5N2O6/c1-23(2,3)37-22(34)31-24(4,5)19(30-21(33)35-11-12-9-7-6-8-10-12)20(32)36-18-16(28)14(26)13(25)15(27)17(18)29/h6-10,19H,11H2,1-5H3,(H,30,33)(H,31,34). The van der Waals surface area contributed by atoms with Gasteiger partial charge in [-0.05, 0) is 40.2 Å². The highest BCUT2D eigenvalue weighted by Gasteiger charge is 2.42. The Morgan fingerprint density at radius 2 is 1.32 bits per heavy atom. The van der Waals surface area contributed by atoms with Crippen LogP contribution in [0.25, 0.3) is 0 Å². The summed E-state index contributed by atoms with van der Waals surface area (Å²) in [6, 6.07) is 6.38. The number of alkyl carbamates (subject to hydrolysis) is 2. The van der Waals surface area contributed by atoms with Crippen molar-refractivity contribution in [1.29, 1.82) is 0 Å². The van der Waals surface area contributed by atoms with Crippen molar-refractivity contribution in [2.75, 3.05) is 0 Å². The monoisotopic (exact) mass is 532 g/mol. The molecule has 2 amide bonds. The van der Waals surface area contributed by atoms with E-state index in [1.54, 1.807) is 51.1 Å². The van der Waals surface area contributed by atoms with Gasteiger partial charge in [0.25, 0.3) is 0 Å². The van der Waals surface area contributed by atoms with Crippen molar-refractivity contribution in [3.05, 3.63) is 65.0 Å². The fourth-order valence-electron chi connectivity index (χ4n) is 2.89. The fourth-order valence-corrected chi connectivity index (χ4v) is 2.89. The number of nitrogens with one attached hydrogen (secondary N) is 2. The van der Waals surface area contributed by atoms with E-state index in [1.807, 2.05) is 0 Å². The second-order valence-electron chi connectivity index (χ2n) is 9.31. The van der Waals surface area contributed by atoms with Gasteiger partial charge in [-0.25, -0.2) is 27.6 Å². The zero-order valence-electron chi connectivity index (χ0n) is 20.5. The van der Waals surface area contributed by atoms with E-state index in [9.17, 15) is 36.3 Å². The Morgan fingerprint density at radius 3 is 1.84 bits per heavy atom. The molecule has 0 aliphatic rings. The first-order valence-electron chi connectivity index (χ1n) is 10.7. The lowest BCUT2D eigenvalue weighted by Gasteiger charge is -2.34. The normalized spacial score (nSPS) is 12.4.